The van der Waals surface area contributed by atoms with E-state index >= 15 is 0 Å². The second-order valence-electron chi connectivity index (χ2n) is 5.34. The van der Waals surface area contributed by atoms with Gasteiger partial charge in [0.2, 0.25) is 0 Å². The van der Waals surface area contributed by atoms with Crippen LogP contribution >= 0.6 is 38.6 Å². The van der Waals surface area contributed by atoms with Crippen molar-refractivity contribution in [2.24, 2.45) is 5.92 Å². The van der Waals surface area contributed by atoms with E-state index in [1.807, 2.05) is 0 Å². The number of benzene rings is 1. The molecule has 0 saturated heterocycles. The second kappa shape index (κ2) is 6.63. The van der Waals surface area contributed by atoms with Gasteiger partial charge in [-0.3, -0.25) is 0 Å². The van der Waals surface area contributed by atoms with Crippen LogP contribution in [0.25, 0.3) is 20.3 Å². The lowest BCUT2D eigenvalue weighted by Gasteiger charge is -2.11. The molecule has 0 N–H and O–H groups in total. The SMILES string of the molecule is Cc1nc2c(cc(OCCC(C)CCBr)c3ccsc32)s1. The van der Waals surface area contributed by atoms with Gasteiger partial charge in [-0.2, -0.15) is 0 Å². The molecule has 0 saturated carbocycles. The van der Waals surface area contributed by atoms with E-state index in [-0.39, 0.29) is 0 Å². The van der Waals surface area contributed by atoms with Crippen LogP contribution in [-0.4, -0.2) is 16.9 Å². The maximum Gasteiger partial charge on any atom is 0.129 e. The fourth-order valence-electron chi connectivity index (χ4n) is 2.41. The molecule has 1 aromatic carbocycles. The maximum absolute atomic E-state index is 6.08. The smallest absolute Gasteiger partial charge is 0.129 e. The number of ether oxygens (including phenoxy) is 1. The molecule has 2 heterocycles. The van der Waals surface area contributed by atoms with Crippen LogP contribution in [0.2, 0.25) is 0 Å². The molecule has 5 heteroatoms. The summed E-state index contributed by atoms with van der Waals surface area (Å²) in [4.78, 5) is 4.66. The lowest BCUT2D eigenvalue weighted by atomic mass is 10.1. The number of halogens is 1. The molecular formula is C16H18BrNOS2. The molecule has 3 aromatic rings. The van der Waals surface area contributed by atoms with Crippen LogP contribution in [-0.2, 0) is 0 Å². The number of nitrogens with zero attached hydrogens (tertiary/aromatic N) is 1. The quantitative estimate of drug-likeness (QED) is 0.486. The molecule has 0 aliphatic heterocycles. The van der Waals surface area contributed by atoms with Gasteiger partial charge >= 0.3 is 0 Å². The summed E-state index contributed by atoms with van der Waals surface area (Å²) in [6.07, 6.45) is 2.29. The highest BCUT2D eigenvalue weighted by atomic mass is 79.9. The Hall–Kier alpha value is -0.650. The predicted molar refractivity (Wildman–Crippen MR) is 97.4 cm³/mol. The summed E-state index contributed by atoms with van der Waals surface area (Å²) in [5.41, 5.74) is 1.13. The van der Waals surface area contributed by atoms with Crippen molar-refractivity contribution in [2.75, 3.05) is 11.9 Å². The predicted octanol–water partition coefficient (Wildman–Crippen LogP) is 6.01. The topological polar surface area (TPSA) is 22.1 Å². The molecule has 1 unspecified atom stereocenters. The highest BCUT2D eigenvalue weighted by Crippen LogP contribution is 2.38. The minimum Gasteiger partial charge on any atom is -0.493 e. The first-order chi connectivity index (χ1) is 10.2. The van der Waals surface area contributed by atoms with Gasteiger partial charge in [0.05, 0.1) is 26.5 Å². The summed E-state index contributed by atoms with van der Waals surface area (Å²) >= 11 is 6.99. The van der Waals surface area contributed by atoms with E-state index in [9.17, 15) is 0 Å². The van der Waals surface area contributed by atoms with E-state index in [0.717, 1.165) is 34.6 Å². The number of alkyl halides is 1. The van der Waals surface area contributed by atoms with E-state index in [1.54, 1.807) is 22.7 Å². The third kappa shape index (κ3) is 3.25. The first-order valence-electron chi connectivity index (χ1n) is 7.15. The summed E-state index contributed by atoms with van der Waals surface area (Å²) in [6.45, 7) is 5.12. The standard InChI is InChI=1S/C16H18BrNOS2/c1-10(3-6-17)4-7-19-13-9-14-15(18-11(2)21-14)16-12(13)5-8-20-16/h5,8-10H,3-4,6-7H2,1-2H3. The molecule has 0 spiro atoms. The second-order valence-corrected chi connectivity index (χ2v) is 8.28. The molecule has 112 valence electrons. The third-order valence-corrected chi connectivity index (χ3v) is 5.94. The molecule has 0 amide bonds. The number of aromatic nitrogens is 1. The number of fused-ring (bicyclic) bond motifs is 3. The Labute approximate surface area is 141 Å². The first kappa shape index (κ1) is 15.3. The van der Waals surface area contributed by atoms with Crippen molar-refractivity contribution in [3.63, 3.8) is 0 Å². The Morgan fingerprint density at radius 1 is 1.38 bits per heavy atom. The summed E-state index contributed by atoms with van der Waals surface area (Å²) in [6, 6.07) is 4.30. The Morgan fingerprint density at radius 2 is 2.24 bits per heavy atom. The van der Waals surface area contributed by atoms with Crippen molar-refractivity contribution in [1.82, 2.24) is 4.98 Å². The van der Waals surface area contributed by atoms with Crippen LogP contribution in [0, 0.1) is 12.8 Å². The average molecular weight is 384 g/mol. The summed E-state index contributed by atoms with van der Waals surface area (Å²) in [5.74, 6) is 1.70. The van der Waals surface area contributed by atoms with Gasteiger partial charge in [0.15, 0.2) is 0 Å². The summed E-state index contributed by atoms with van der Waals surface area (Å²) in [5, 5.41) is 5.50. The number of hydrogen-bond donors (Lipinski definition) is 0. The van der Waals surface area contributed by atoms with Crippen LogP contribution in [0.5, 0.6) is 5.75 Å². The van der Waals surface area contributed by atoms with Gasteiger partial charge in [-0.15, -0.1) is 22.7 Å². The summed E-state index contributed by atoms with van der Waals surface area (Å²) < 4.78 is 8.56. The number of aryl methyl sites for hydroxylation is 1. The first-order valence-corrected chi connectivity index (χ1v) is 9.97. The van der Waals surface area contributed by atoms with Gasteiger partial charge in [0.1, 0.15) is 5.75 Å². The van der Waals surface area contributed by atoms with Gasteiger partial charge in [-0.05, 0) is 37.1 Å². The Balaban J connectivity index is 1.85. The van der Waals surface area contributed by atoms with Crippen molar-refractivity contribution in [1.29, 1.82) is 0 Å². The minimum atomic E-state index is 0.691. The van der Waals surface area contributed by atoms with Crippen molar-refractivity contribution < 1.29 is 4.74 Å². The number of thiophene rings is 1. The number of hydrogen-bond acceptors (Lipinski definition) is 4. The highest BCUT2D eigenvalue weighted by molar-refractivity contribution is 9.09. The van der Waals surface area contributed by atoms with E-state index in [2.05, 4.69) is 52.3 Å². The van der Waals surface area contributed by atoms with Crippen LogP contribution in [0.15, 0.2) is 17.5 Å². The fraction of sp³-hybridized carbons (Fsp3) is 0.438. The zero-order chi connectivity index (χ0) is 14.8. The van der Waals surface area contributed by atoms with Gasteiger partial charge in [0, 0.05) is 16.8 Å². The largest absolute Gasteiger partial charge is 0.493 e. The van der Waals surface area contributed by atoms with Gasteiger partial charge in [-0.25, -0.2) is 4.98 Å². The maximum atomic E-state index is 6.08. The van der Waals surface area contributed by atoms with Gasteiger partial charge < -0.3 is 4.74 Å². The van der Waals surface area contributed by atoms with Crippen molar-refractivity contribution >= 4 is 58.9 Å². The van der Waals surface area contributed by atoms with E-state index in [4.69, 9.17) is 4.74 Å². The fourth-order valence-corrected chi connectivity index (χ4v) is 5.02. The zero-order valence-corrected chi connectivity index (χ0v) is 15.4. The average Bonchev–Trinajstić information content (AvgIpc) is 3.04. The molecule has 0 aliphatic carbocycles. The lowest BCUT2D eigenvalue weighted by molar-refractivity contribution is 0.285. The van der Waals surface area contributed by atoms with Crippen molar-refractivity contribution in [3.05, 3.63) is 22.5 Å². The Kier molecular flexibility index (Phi) is 4.82. The molecule has 1 atom stereocenters. The minimum absolute atomic E-state index is 0.691. The van der Waals surface area contributed by atoms with E-state index in [0.29, 0.717) is 5.92 Å². The molecule has 3 rings (SSSR count). The van der Waals surface area contributed by atoms with Crippen LogP contribution in [0.4, 0.5) is 0 Å². The third-order valence-electron chi connectivity index (χ3n) is 3.64. The van der Waals surface area contributed by atoms with Crippen LogP contribution < -0.4 is 4.74 Å². The molecule has 0 radical (unpaired) electrons. The zero-order valence-electron chi connectivity index (χ0n) is 12.2. The number of rotatable bonds is 6. The van der Waals surface area contributed by atoms with Gasteiger partial charge in [-0.1, -0.05) is 22.9 Å². The molecule has 2 aromatic heterocycles. The van der Waals surface area contributed by atoms with Crippen molar-refractivity contribution in [3.8, 4) is 5.75 Å². The van der Waals surface area contributed by atoms with Crippen LogP contribution in [0.3, 0.4) is 0 Å². The molecular weight excluding hydrogens is 366 g/mol. The molecule has 2 nitrogen and oxygen atoms in total. The molecule has 0 aliphatic rings. The monoisotopic (exact) mass is 383 g/mol. The summed E-state index contributed by atoms with van der Waals surface area (Å²) in [7, 11) is 0. The Morgan fingerprint density at radius 3 is 3.05 bits per heavy atom. The molecule has 0 bridgehead atoms. The molecule has 21 heavy (non-hydrogen) atoms. The highest BCUT2D eigenvalue weighted by Gasteiger charge is 2.12. The van der Waals surface area contributed by atoms with Crippen molar-refractivity contribution in [2.45, 2.75) is 26.7 Å². The Bertz CT molecular complexity index is 749. The van der Waals surface area contributed by atoms with Gasteiger partial charge in [0.25, 0.3) is 0 Å². The lowest BCUT2D eigenvalue weighted by Crippen LogP contribution is -2.04. The van der Waals surface area contributed by atoms with E-state index < -0.39 is 0 Å². The number of thiazole rings is 1. The normalized spacial score (nSPS) is 13.1. The molecule has 0 fully saturated rings. The van der Waals surface area contributed by atoms with Crippen LogP contribution in [0.1, 0.15) is 24.8 Å². The van der Waals surface area contributed by atoms with E-state index in [1.165, 1.54) is 21.2 Å².